The molecule has 0 bridgehead atoms. The Kier molecular flexibility index (Phi) is 2.85. The van der Waals surface area contributed by atoms with Crippen molar-refractivity contribution >= 4 is 11.0 Å². The molecule has 0 radical (unpaired) electrons. The maximum atomic E-state index is 12.8. The molecule has 1 saturated carbocycles. The molecule has 0 aliphatic heterocycles. The third-order valence-electron chi connectivity index (χ3n) is 4.27. The number of rotatable bonds is 3. The van der Waals surface area contributed by atoms with E-state index in [0.717, 1.165) is 24.1 Å². The van der Waals surface area contributed by atoms with E-state index in [4.69, 9.17) is 0 Å². The van der Waals surface area contributed by atoms with Crippen LogP contribution in [0.4, 0.5) is 0 Å². The van der Waals surface area contributed by atoms with Gasteiger partial charge in [-0.3, -0.25) is 19.0 Å². The molecule has 1 aliphatic carbocycles. The van der Waals surface area contributed by atoms with Gasteiger partial charge in [0.1, 0.15) is 5.52 Å². The van der Waals surface area contributed by atoms with Crippen LogP contribution < -0.4 is 5.56 Å². The molecule has 1 fully saturated rings. The minimum atomic E-state index is -0.0902. The smallest absolute Gasteiger partial charge is 0.282 e. The Bertz CT molecular complexity index is 906. The van der Waals surface area contributed by atoms with Crippen LogP contribution in [0.15, 0.2) is 35.6 Å². The molecule has 0 amide bonds. The van der Waals surface area contributed by atoms with Gasteiger partial charge in [0.15, 0.2) is 5.52 Å². The summed E-state index contributed by atoms with van der Waals surface area (Å²) >= 11 is 0. The summed E-state index contributed by atoms with van der Waals surface area (Å²) in [7, 11) is 1.80. The van der Waals surface area contributed by atoms with Crippen molar-refractivity contribution in [2.24, 2.45) is 13.0 Å². The number of pyridine rings is 1. The molecule has 0 unspecified atom stereocenters. The highest BCUT2D eigenvalue weighted by molar-refractivity contribution is 5.71. The van der Waals surface area contributed by atoms with Crippen molar-refractivity contribution in [1.29, 1.82) is 0 Å². The van der Waals surface area contributed by atoms with E-state index in [1.54, 1.807) is 35.0 Å². The van der Waals surface area contributed by atoms with Gasteiger partial charge in [0.05, 0.1) is 24.3 Å². The van der Waals surface area contributed by atoms with E-state index in [1.807, 2.05) is 19.1 Å². The highest BCUT2D eigenvalue weighted by Gasteiger charge is 2.36. The number of aromatic nitrogens is 5. The number of hydrogen-bond donors (Lipinski definition) is 0. The largest absolute Gasteiger partial charge is 0.288 e. The Hall–Kier alpha value is -2.50. The Labute approximate surface area is 127 Å². The van der Waals surface area contributed by atoms with Gasteiger partial charge in [0.2, 0.25) is 0 Å². The molecule has 1 aliphatic rings. The van der Waals surface area contributed by atoms with Gasteiger partial charge in [-0.25, -0.2) is 4.98 Å². The first-order valence-electron chi connectivity index (χ1n) is 7.47. The first-order valence-corrected chi connectivity index (χ1v) is 7.47. The molecule has 3 aromatic rings. The van der Waals surface area contributed by atoms with Crippen LogP contribution in [-0.4, -0.2) is 24.3 Å². The summed E-state index contributed by atoms with van der Waals surface area (Å²) in [5.74, 6) is 0.453. The van der Waals surface area contributed by atoms with Crippen LogP contribution in [0.2, 0.25) is 0 Å². The summed E-state index contributed by atoms with van der Waals surface area (Å²) in [6.45, 7) is 2.04. The molecule has 6 heteroatoms. The normalized spacial score (nSPS) is 16.1. The topological polar surface area (TPSA) is 65.6 Å². The van der Waals surface area contributed by atoms with E-state index in [9.17, 15) is 4.79 Å². The predicted molar refractivity (Wildman–Crippen MR) is 82.6 cm³/mol. The quantitative estimate of drug-likeness (QED) is 0.739. The van der Waals surface area contributed by atoms with Gasteiger partial charge in [-0.05, 0) is 37.3 Å². The zero-order valence-corrected chi connectivity index (χ0v) is 12.6. The first kappa shape index (κ1) is 13.2. The Morgan fingerprint density at radius 3 is 2.86 bits per heavy atom. The van der Waals surface area contributed by atoms with Crippen LogP contribution in [-0.2, 0) is 7.05 Å². The van der Waals surface area contributed by atoms with E-state index in [1.165, 1.54) is 0 Å². The van der Waals surface area contributed by atoms with E-state index in [-0.39, 0.29) is 11.6 Å². The average molecular weight is 295 g/mol. The molecule has 0 spiro atoms. The summed E-state index contributed by atoms with van der Waals surface area (Å²) in [6.07, 6.45) is 7.43. The Balaban J connectivity index is 1.93. The van der Waals surface area contributed by atoms with Gasteiger partial charge in [-0.2, -0.15) is 5.10 Å². The molecule has 0 N–H and O–H groups in total. The third-order valence-corrected chi connectivity index (χ3v) is 4.27. The maximum Gasteiger partial charge on any atom is 0.282 e. The fourth-order valence-electron chi connectivity index (χ4n) is 3.02. The fourth-order valence-corrected chi connectivity index (χ4v) is 3.02. The second-order valence-corrected chi connectivity index (χ2v) is 5.98. The molecule has 3 heterocycles. The lowest BCUT2D eigenvalue weighted by Gasteiger charge is -2.20. The zero-order chi connectivity index (χ0) is 15.3. The Morgan fingerprint density at radius 2 is 2.14 bits per heavy atom. The van der Waals surface area contributed by atoms with Crippen LogP contribution in [0.25, 0.3) is 11.0 Å². The van der Waals surface area contributed by atoms with Gasteiger partial charge < -0.3 is 0 Å². The van der Waals surface area contributed by atoms with Crippen molar-refractivity contribution in [2.75, 3.05) is 0 Å². The Morgan fingerprint density at radius 1 is 1.32 bits per heavy atom. The number of hydrogen-bond acceptors (Lipinski definition) is 4. The number of aryl methyl sites for hydroxylation is 2. The average Bonchev–Trinajstić information content (AvgIpc) is 3.25. The summed E-state index contributed by atoms with van der Waals surface area (Å²) in [5.41, 5.74) is 3.03. The van der Waals surface area contributed by atoms with Crippen LogP contribution in [0.5, 0.6) is 0 Å². The highest BCUT2D eigenvalue weighted by Crippen LogP contribution is 2.43. The second-order valence-electron chi connectivity index (χ2n) is 5.98. The van der Waals surface area contributed by atoms with E-state index < -0.39 is 0 Å². The monoisotopic (exact) mass is 295 g/mol. The second kappa shape index (κ2) is 4.76. The summed E-state index contributed by atoms with van der Waals surface area (Å²) in [6, 6.07) is 3.91. The molecule has 0 saturated heterocycles. The van der Waals surface area contributed by atoms with Gasteiger partial charge in [0.25, 0.3) is 5.56 Å². The van der Waals surface area contributed by atoms with Crippen LogP contribution in [0.3, 0.4) is 0 Å². The van der Waals surface area contributed by atoms with Crippen molar-refractivity contribution in [1.82, 2.24) is 24.3 Å². The summed E-state index contributed by atoms with van der Waals surface area (Å²) in [5, 5.41) is 4.25. The lowest BCUT2D eigenvalue weighted by atomic mass is 10.0. The van der Waals surface area contributed by atoms with Crippen LogP contribution in [0, 0.1) is 12.8 Å². The first-order chi connectivity index (χ1) is 10.6. The standard InChI is InChI=1S/C16H17N5O/c1-10-4-3-7-17-13(10)15(11-5-6-11)21-9-18-12-8-20(2)19-14(12)16(21)22/h3-4,7-9,11,15H,5-6H2,1-2H3/t15-/m1/s1. The third kappa shape index (κ3) is 2.03. The molecular weight excluding hydrogens is 278 g/mol. The van der Waals surface area contributed by atoms with Gasteiger partial charge >= 0.3 is 0 Å². The fraction of sp³-hybridized carbons (Fsp3) is 0.375. The summed E-state index contributed by atoms with van der Waals surface area (Å²) in [4.78, 5) is 21.7. The lowest BCUT2D eigenvalue weighted by Crippen LogP contribution is -2.28. The van der Waals surface area contributed by atoms with Crippen molar-refractivity contribution in [3.8, 4) is 0 Å². The minimum Gasteiger partial charge on any atom is -0.288 e. The molecule has 112 valence electrons. The molecule has 4 rings (SSSR count). The predicted octanol–water partition coefficient (Wildman–Crippen LogP) is 1.83. The molecular formula is C16H17N5O. The van der Waals surface area contributed by atoms with Gasteiger partial charge in [-0.15, -0.1) is 0 Å². The van der Waals surface area contributed by atoms with Gasteiger partial charge in [-0.1, -0.05) is 6.07 Å². The number of nitrogens with zero attached hydrogens (tertiary/aromatic N) is 5. The van der Waals surface area contributed by atoms with Gasteiger partial charge in [0, 0.05) is 13.2 Å². The molecule has 0 aromatic carbocycles. The SMILES string of the molecule is Cc1cccnc1[C@@H](C1CC1)n1cnc2cn(C)nc2c1=O. The van der Waals surface area contributed by atoms with E-state index in [0.29, 0.717) is 17.0 Å². The van der Waals surface area contributed by atoms with E-state index >= 15 is 0 Å². The molecule has 22 heavy (non-hydrogen) atoms. The molecule has 1 atom stereocenters. The van der Waals surface area contributed by atoms with Crippen molar-refractivity contribution in [2.45, 2.75) is 25.8 Å². The molecule has 3 aromatic heterocycles. The number of fused-ring (bicyclic) bond motifs is 1. The highest BCUT2D eigenvalue weighted by atomic mass is 16.1. The van der Waals surface area contributed by atoms with Crippen molar-refractivity contribution in [3.05, 3.63) is 52.5 Å². The van der Waals surface area contributed by atoms with Crippen LogP contribution in [0.1, 0.15) is 30.1 Å². The van der Waals surface area contributed by atoms with E-state index in [2.05, 4.69) is 15.1 Å². The maximum absolute atomic E-state index is 12.8. The molecule has 6 nitrogen and oxygen atoms in total. The van der Waals surface area contributed by atoms with Crippen molar-refractivity contribution in [3.63, 3.8) is 0 Å². The minimum absolute atomic E-state index is 0.0485. The summed E-state index contributed by atoms with van der Waals surface area (Å²) < 4.78 is 3.34. The zero-order valence-electron chi connectivity index (χ0n) is 12.6. The van der Waals surface area contributed by atoms with Crippen molar-refractivity contribution < 1.29 is 0 Å². The van der Waals surface area contributed by atoms with Crippen LogP contribution >= 0.6 is 0 Å². The lowest BCUT2D eigenvalue weighted by molar-refractivity contribution is 0.486.